The minimum atomic E-state index is -3.38. The van der Waals surface area contributed by atoms with Crippen LogP contribution in [-0.4, -0.2) is 23.2 Å². The number of benzene rings is 1. The van der Waals surface area contributed by atoms with Crippen LogP contribution in [0.2, 0.25) is 0 Å². The lowest BCUT2D eigenvalue weighted by molar-refractivity contribution is 0.132. The highest BCUT2D eigenvalue weighted by Crippen LogP contribution is 2.58. The number of rotatable bonds is 6. The van der Waals surface area contributed by atoms with Crippen LogP contribution >= 0.6 is 8.17 Å². The largest absolute Gasteiger partial charge is 0.619 e. The summed E-state index contributed by atoms with van der Waals surface area (Å²) in [5.41, 5.74) is 0. The van der Waals surface area contributed by atoms with Gasteiger partial charge >= 0.3 is 8.17 Å². The van der Waals surface area contributed by atoms with Crippen molar-refractivity contribution in [1.82, 2.24) is 0 Å². The van der Waals surface area contributed by atoms with Gasteiger partial charge in [0.15, 0.2) is 5.75 Å². The average Bonchev–Trinajstić information content (AvgIpc) is 2.22. The van der Waals surface area contributed by atoms with Gasteiger partial charge in [0, 0.05) is 0 Å². The van der Waals surface area contributed by atoms with Crippen LogP contribution in [0.15, 0.2) is 24.3 Å². The molecule has 0 amide bonds. The van der Waals surface area contributed by atoms with E-state index in [-0.39, 0.29) is 24.7 Å². The van der Waals surface area contributed by atoms with Crippen LogP contribution in [0.5, 0.6) is 11.5 Å². The van der Waals surface area contributed by atoms with Crippen molar-refractivity contribution in [2.24, 2.45) is 0 Å². The molecule has 0 saturated heterocycles. The Labute approximate surface area is 95.3 Å². The SMILES string of the molecule is CCO[P+](O)(OCC)Oc1ccccc1O. The number of hydrogen-bond donors (Lipinski definition) is 2. The number of phenols is 1. The topological polar surface area (TPSA) is 68.2 Å². The fraction of sp³-hybridized carbons (Fsp3) is 0.400. The average molecular weight is 247 g/mol. The van der Waals surface area contributed by atoms with Crippen molar-refractivity contribution < 1.29 is 23.6 Å². The van der Waals surface area contributed by atoms with Crippen LogP contribution in [0, 0.1) is 0 Å². The zero-order valence-electron chi connectivity index (χ0n) is 9.29. The highest BCUT2D eigenvalue weighted by Gasteiger charge is 2.46. The molecule has 0 aliphatic carbocycles. The maximum absolute atomic E-state index is 9.92. The molecule has 0 fully saturated rings. The molecule has 0 heterocycles. The first-order chi connectivity index (χ1) is 7.61. The lowest BCUT2D eigenvalue weighted by Gasteiger charge is -2.14. The highest BCUT2D eigenvalue weighted by molar-refractivity contribution is 7.55. The van der Waals surface area contributed by atoms with E-state index in [4.69, 9.17) is 13.6 Å². The quantitative estimate of drug-likeness (QED) is 0.756. The lowest BCUT2D eigenvalue weighted by Crippen LogP contribution is -2.09. The van der Waals surface area contributed by atoms with Gasteiger partial charge in [-0.25, -0.2) is 0 Å². The van der Waals surface area contributed by atoms with Gasteiger partial charge in [0.25, 0.3) is 0 Å². The van der Waals surface area contributed by atoms with E-state index in [1.807, 2.05) is 0 Å². The molecular formula is C10H16O5P+. The third-order valence-electron chi connectivity index (χ3n) is 1.66. The fourth-order valence-electron chi connectivity index (χ4n) is 1.07. The van der Waals surface area contributed by atoms with Gasteiger partial charge in [-0.2, -0.15) is 4.89 Å². The minimum absolute atomic E-state index is 0.0691. The molecule has 0 unspecified atom stereocenters. The van der Waals surface area contributed by atoms with Crippen molar-refractivity contribution >= 4 is 8.17 Å². The van der Waals surface area contributed by atoms with Crippen molar-refractivity contribution in [3.63, 3.8) is 0 Å². The van der Waals surface area contributed by atoms with E-state index in [1.54, 1.807) is 26.0 Å². The molecule has 0 atom stereocenters. The molecule has 1 aromatic carbocycles. The third-order valence-corrected chi connectivity index (χ3v) is 3.26. The van der Waals surface area contributed by atoms with E-state index >= 15 is 0 Å². The normalized spacial score (nSPS) is 11.4. The first kappa shape index (κ1) is 13.2. The summed E-state index contributed by atoms with van der Waals surface area (Å²) in [6.07, 6.45) is 0. The van der Waals surface area contributed by atoms with E-state index in [9.17, 15) is 10.00 Å². The van der Waals surface area contributed by atoms with Crippen molar-refractivity contribution in [2.45, 2.75) is 13.8 Å². The summed E-state index contributed by atoms with van der Waals surface area (Å²) in [4.78, 5) is 9.92. The molecule has 0 radical (unpaired) electrons. The Morgan fingerprint density at radius 1 is 1.12 bits per heavy atom. The Kier molecular flexibility index (Phi) is 4.96. The first-order valence-electron chi connectivity index (χ1n) is 4.99. The lowest BCUT2D eigenvalue weighted by atomic mass is 10.3. The van der Waals surface area contributed by atoms with E-state index in [2.05, 4.69) is 0 Å². The van der Waals surface area contributed by atoms with E-state index < -0.39 is 8.17 Å². The van der Waals surface area contributed by atoms with Crippen LogP contribution in [0.3, 0.4) is 0 Å². The second-order valence-corrected chi connectivity index (χ2v) is 4.50. The molecular weight excluding hydrogens is 231 g/mol. The molecule has 0 aromatic heterocycles. The van der Waals surface area contributed by atoms with Gasteiger partial charge in [-0.15, -0.1) is 9.05 Å². The van der Waals surface area contributed by atoms with Gasteiger partial charge in [-0.1, -0.05) is 12.1 Å². The number of hydrogen-bond acceptors (Lipinski definition) is 5. The molecule has 0 aliphatic rings. The van der Waals surface area contributed by atoms with Gasteiger partial charge in [-0.3, -0.25) is 4.52 Å². The Morgan fingerprint density at radius 2 is 1.69 bits per heavy atom. The summed E-state index contributed by atoms with van der Waals surface area (Å²) in [7, 11) is -3.38. The Bertz CT molecular complexity index is 325. The summed E-state index contributed by atoms with van der Waals surface area (Å²) in [5.74, 6) is 0.0700. The van der Waals surface area contributed by atoms with Crippen LogP contribution in [0.1, 0.15) is 13.8 Å². The summed E-state index contributed by atoms with van der Waals surface area (Å²) >= 11 is 0. The van der Waals surface area contributed by atoms with Crippen molar-refractivity contribution in [2.75, 3.05) is 13.2 Å². The fourth-order valence-corrected chi connectivity index (χ4v) is 2.31. The molecule has 5 nitrogen and oxygen atoms in total. The van der Waals surface area contributed by atoms with E-state index in [0.717, 1.165) is 0 Å². The number of phenolic OH excluding ortho intramolecular Hbond substituents is 1. The Morgan fingerprint density at radius 3 is 2.19 bits per heavy atom. The second kappa shape index (κ2) is 6.01. The smallest absolute Gasteiger partial charge is 0.504 e. The number of para-hydroxylation sites is 2. The maximum Gasteiger partial charge on any atom is 0.619 e. The predicted molar refractivity (Wildman–Crippen MR) is 61.1 cm³/mol. The molecule has 1 aromatic rings. The van der Waals surface area contributed by atoms with E-state index in [0.29, 0.717) is 0 Å². The monoisotopic (exact) mass is 247 g/mol. The zero-order chi connectivity index (χ0) is 12.0. The van der Waals surface area contributed by atoms with Gasteiger partial charge in [0.2, 0.25) is 5.75 Å². The molecule has 90 valence electrons. The third kappa shape index (κ3) is 3.61. The summed E-state index contributed by atoms with van der Waals surface area (Å²) in [5, 5.41) is 9.48. The van der Waals surface area contributed by atoms with Crippen LogP contribution in [-0.2, 0) is 9.05 Å². The molecule has 0 aliphatic heterocycles. The Balaban J connectivity index is 2.79. The van der Waals surface area contributed by atoms with Gasteiger partial charge < -0.3 is 5.11 Å². The summed E-state index contributed by atoms with van der Waals surface area (Å²) < 4.78 is 15.3. The van der Waals surface area contributed by atoms with E-state index in [1.165, 1.54) is 12.1 Å². The van der Waals surface area contributed by atoms with Crippen molar-refractivity contribution in [3.05, 3.63) is 24.3 Å². The highest BCUT2D eigenvalue weighted by atomic mass is 31.2. The maximum atomic E-state index is 9.92. The van der Waals surface area contributed by atoms with Crippen molar-refractivity contribution in [1.29, 1.82) is 0 Å². The van der Waals surface area contributed by atoms with Gasteiger partial charge in [-0.05, 0) is 26.0 Å². The summed E-state index contributed by atoms with van der Waals surface area (Å²) in [6.45, 7) is 3.96. The first-order valence-corrected chi connectivity index (χ1v) is 6.49. The molecule has 0 bridgehead atoms. The van der Waals surface area contributed by atoms with Crippen molar-refractivity contribution in [3.8, 4) is 11.5 Å². The Hall–Kier alpha value is -0.870. The molecule has 0 saturated carbocycles. The molecule has 6 heteroatoms. The molecule has 16 heavy (non-hydrogen) atoms. The minimum Gasteiger partial charge on any atom is -0.504 e. The molecule has 2 N–H and O–H groups in total. The van der Waals surface area contributed by atoms with Gasteiger partial charge in [0.1, 0.15) is 0 Å². The van der Waals surface area contributed by atoms with Crippen LogP contribution in [0.4, 0.5) is 0 Å². The second-order valence-electron chi connectivity index (χ2n) is 2.86. The van der Waals surface area contributed by atoms with Gasteiger partial charge in [0.05, 0.1) is 13.2 Å². The summed E-state index contributed by atoms with van der Waals surface area (Å²) in [6, 6.07) is 6.31. The molecule has 1 rings (SSSR count). The molecule has 0 spiro atoms. The standard InChI is InChI=1S/C10H15O5P/c1-3-13-16(12,14-4-2)15-10-8-6-5-7-9(10)11/h5-8,12H,3-4H2,1-2H3/p+1. The van der Waals surface area contributed by atoms with Crippen LogP contribution in [0.25, 0.3) is 0 Å². The zero-order valence-corrected chi connectivity index (χ0v) is 10.2. The number of aromatic hydroxyl groups is 1. The van der Waals surface area contributed by atoms with Crippen LogP contribution < -0.4 is 4.52 Å². The predicted octanol–water partition coefficient (Wildman–Crippen LogP) is 2.51.